The molecule has 0 saturated carbocycles. The number of furan rings is 1. The first kappa shape index (κ1) is 13.5. The summed E-state index contributed by atoms with van der Waals surface area (Å²) in [6, 6.07) is 9.73. The standard InChI is InChI=1S/C16H11ClO4/c1-20-10-4-2-9(3-5-10)16(19)11-8-21-13-7-6-12(18)15(17)14(11)13/h2-8,18H,1H3. The van der Waals surface area contributed by atoms with Gasteiger partial charge in [-0.15, -0.1) is 0 Å². The van der Waals surface area contributed by atoms with Crippen LogP contribution in [0.2, 0.25) is 5.02 Å². The van der Waals surface area contributed by atoms with E-state index in [1.807, 2.05) is 0 Å². The minimum absolute atomic E-state index is 0.0886. The average molecular weight is 303 g/mol. The highest BCUT2D eigenvalue weighted by Crippen LogP contribution is 2.36. The summed E-state index contributed by atoms with van der Waals surface area (Å²) in [5.74, 6) is 0.345. The zero-order valence-corrected chi connectivity index (χ0v) is 11.8. The second-order valence-electron chi connectivity index (χ2n) is 4.48. The molecule has 0 aliphatic heterocycles. The van der Waals surface area contributed by atoms with Crippen LogP contribution in [0.5, 0.6) is 11.5 Å². The molecule has 0 unspecified atom stereocenters. The Morgan fingerprint density at radius 1 is 1.19 bits per heavy atom. The number of halogens is 1. The molecule has 0 bridgehead atoms. The van der Waals surface area contributed by atoms with E-state index in [4.69, 9.17) is 20.8 Å². The highest BCUT2D eigenvalue weighted by Gasteiger charge is 2.19. The van der Waals surface area contributed by atoms with Gasteiger partial charge in [-0.3, -0.25) is 4.79 Å². The van der Waals surface area contributed by atoms with Gasteiger partial charge in [0.2, 0.25) is 0 Å². The van der Waals surface area contributed by atoms with E-state index in [0.717, 1.165) is 0 Å². The zero-order valence-electron chi connectivity index (χ0n) is 11.1. The molecule has 4 nitrogen and oxygen atoms in total. The molecule has 3 aromatic rings. The number of benzene rings is 2. The molecule has 2 aromatic carbocycles. The number of carbonyl (C=O) groups excluding carboxylic acids is 1. The molecule has 5 heteroatoms. The van der Waals surface area contributed by atoms with Gasteiger partial charge < -0.3 is 14.3 Å². The molecule has 21 heavy (non-hydrogen) atoms. The normalized spacial score (nSPS) is 10.8. The van der Waals surface area contributed by atoms with Crippen LogP contribution >= 0.6 is 11.6 Å². The van der Waals surface area contributed by atoms with E-state index >= 15 is 0 Å². The Kier molecular flexibility index (Phi) is 3.31. The molecule has 0 spiro atoms. The molecule has 106 valence electrons. The summed E-state index contributed by atoms with van der Waals surface area (Å²) in [4.78, 5) is 12.5. The zero-order chi connectivity index (χ0) is 15.0. The molecule has 0 fully saturated rings. The van der Waals surface area contributed by atoms with Gasteiger partial charge >= 0.3 is 0 Å². The largest absolute Gasteiger partial charge is 0.506 e. The summed E-state index contributed by atoms with van der Waals surface area (Å²) in [5, 5.41) is 10.2. The molecular weight excluding hydrogens is 292 g/mol. The monoisotopic (exact) mass is 302 g/mol. The maximum atomic E-state index is 12.5. The van der Waals surface area contributed by atoms with Crippen molar-refractivity contribution in [1.29, 1.82) is 0 Å². The Bertz CT molecular complexity index is 818. The highest BCUT2D eigenvalue weighted by molar-refractivity contribution is 6.38. The third-order valence-corrected chi connectivity index (χ3v) is 3.64. The molecule has 0 aliphatic rings. The van der Waals surface area contributed by atoms with Gasteiger partial charge in [-0.2, -0.15) is 0 Å². The average Bonchev–Trinajstić information content (AvgIpc) is 2.95. The highest BCUT2D eigenvalue weighted by atomic mass is 35.5. The number of fused-ring (bicyclic) bond motifs is 1. The van der Waals surface area contributed by atoms with Crippen molar-refractivity contribution in [3.05, 3.63) is 58.8 Å². The lowest BCUT2D eigenvalue weighted by Crippen LogP contribution is -2.00. The summed E-state index contributed by atoms with van der Waals surface area (Å²) < 4.78 is 10.4. The predicted molar refractivity (Wildman–Crippen MR) is 79.3 cm³/mol. The smallest absolute Gasteiger partial charge is 0.196 e. The number of ketones is 1. The molecule has 0 radical (unpaired) electrons. The lowest BCUT2D eigenvalue weighted by atomic mass is 10.0. The van der Waals surface area contributed by atoms with Gasteiger partial charge in [0, 0.05) is 5.56 Å². The van der Waals surface area contributed by atoms with Gasteiger partial charge in [-0.05, 0) is 36.4 Å². The van der Waals surface area contributed by atoms with Crippen LogP contribution in [0.25, 0.3) is 11.0 Å². The third-order valence-electron chi connectivity index (χ3n) is 3.25. The molecule has 0 saturated heterocycles. The summed E-state index contributed by atoms with van der Waals surface area (Å²) in [6.07, 6.45) is 1.35. The van der Waals surface area contributed by atoms with Crippen molar-refractivity contribution in [2.45, 2.75) is 0 Å². The van der Waals surface area contributed by atoms with E-state index in [-0.39, 0.29) is 16.6 Å². The van der Waals surface area contributed by atoms with Crippen molar-refractivity contribution >= 4 is 28.4 Å². The number of aromatic hydroxyl groups is 1. The van der Waals surface area contributed by atoms with Gasteiger partial charge in [0.25, 0.3) is 0 Å². The van der Waals surface area contributed by atoms with Crippen molar-refractivity contribution in [1.82, 2.24) is 0 Å². The summed E-state index contributed by atoms with van der Waals surface area (Å²) in [6.45, 7) is 0. The number of carbonyl (C=O) groups is 1. The van der Waals surface area contributed by atoms with Gasteiger partial charge in [-0.1, -0.05) is 11.6 Å². The van der Waals surface area contributed by atoms with Crippen LogP contribution < -0.4 is 4.74 Å². The number of hydrogen-bond acceptors (Lipinski definition) is 4. The molecule has 1 heterocycles. The summed E-state index contributed by atoms with van der Waals surface area (Å²) in [7, 11) is 1.56. The van der Waals surface area contributed by atoms with Crippen LogP contribution in [0, 0.1) is 0 Å². The van der Waals surface area contributed by atoms with Crippen LogP contribution in [0.4, 0.5) is 0 Å². The fourth-order valence-electron chi connectivity index (χ4n) is 2.14. The number of phenolic OH excluding ortho intramolecular Hbond substituents is 1. The van der Waals surface area contributed by atoms with Gasteiger partial charge in [0.05, 0.1) is 23.1 Å². The first-order valence-corrected chi connectivity index (χ1v) is 6.57. The predicted octanol–water partition coefficient (Wildman–Crippen LogP) is 4.03. The van der Waals surface area contributed by atoms with E-state index in [2.05, 4.69) is 0 Å². The Morgan fingerprint density at radius 3 is 2.57 bits per heavy atom. The first-order chi connectivity index (χ1) is 10.1. The molecule has 0 amide bonds. The van der Waals surface area contributed by atoms with E-state index in [0.29, 0.717) is 27.8 Å². The fraction of sp³-hybridized carbons (Fsp3) is 0.0625. The van der Waals surface area contributed by atoms with Crippen molar-refractivity contribution in [3.63, 3.8) is 0 Å². The second-order valence-corrected chi connectivity index (χ2v) is 4.86. The Morgan fingerprint density at radius 2 is 1.90 bits per heavy atom. The van der Waals surface area contributed by atoms with Crippen LogP contribution in [-0.4, -0.2) is 18.0 Å². The SMILES string of the molecule is COc1ccc(C(=O)c2coc3ccc(O)c(Cl)c23)cc1. The Labute approximate surface area is 125 Å². The van der Waals surface area contributed by atoms with E-state index < -0.39 is 0 Å². The van der Waals surface area contributed by atoms with Gasteiger partial charge in [0.15, 0.2) is 5.78 Å². The fourth-order valence-corrected chi connectivity index (χ4v) is 2.40. The van der Waals surface area contributed by atoms with Crippen molar-refractivity contribution in [2.75, 3.05) is 7.11 Å². The number of phenols is 1. The Hall–Kier alpha value is -2.46. The number of ether oxygens (including phenoxy) is 1. The number of hydrogen-bond donors (Lipinski definition) is 1. The van der Waals surface area contributed by atoms with Gasteiger partial charge in [-0.25, -0.2) is 0 Å². The molecule has 1 N–H and O–H groups in total. The molecule has 0 aliphatic carbocycles. The molecule has 0 atom stereocenters. The minimum atomic E-state index is -0.232. The summed E-state index contributed by atoms with van der Waals surface area (Å²) >= 11 is 6.07. The van der Waals surface area contributed by atoms with Crippen LogP contribution in [0.15, 0.2) is 47.1 Å². The first-order valence-electron chi connectivity index (χ1n) is 6.19. The summed E-state index contributed by atoms with van der Waals surface area (Å²) in [5.41, 5.74) is 1.25. The maximum Gasteiger partial charge on any atom is 0.196 e. The van der Waals surface area contributed by atoms with Crippen LogP contribution in [0.3, 0.4) is 0 Å². The lowest BCUT2D eigenvalue weighted by molar-refractivity contribution is 0.103. The van der Waals surface area contributed by atoms with Crippen LogP contribution in [0.1, 0.15) is 15.9 Å². The van der Waals surface area contributed by atoms with Crippen molar-refractivity contribution in [2.24, 2.45) is 0 Å². The van der Waals surface area contributed by atoms with E-state index in [1.165, 1.54) is 12.3 Å². The third kappa shape index (κ3) is 2.23. The van der Waals surface area contributed by atoms with Crippen molar-refractivity contribution in [3.8, 4) is 11.5 Å². The number of rotatable bonds is 3. The molecule has 3 rings (SSSR count). The Balaban J connectivity index is 2.11. The molecular formula is C16H11ClO4. The lowest BCUT2D eigenvalue weighted by Gasteiger charge is -2.03. The topological polar surface area (TPSA) is 59.7 Å². The van der Waals surface area contributed by atoms with E-state index in [9.17, 15) is 9.90 Å². The van der Waals surface area contributed by atoms with Crippen molar-refractivity contribution < 1.29 is 19.1 Å². The van der Waals surface area contributed by atoms with Crippen LogP contribution in [-0.2, 0) is 0 Å². The van der Waals surface area contributed by atoms with E-state index in [1.54, 1.807) is 37.4 Å². The second kappa shape index (κ2) is 5.14. The molecule has 1 aromatic heterocycles. The quantitative estimate of drug-likeness (QED) is 0.742. The van der Waals surface area contributed by atoms with Gasteiger partial charge in [0.1, 0.15) is 23.3 Å². The maximum absolute atomic E-state index is 12.5. The minimum Gasteiger partial charge on any atom is -0.506 e. The number of methoxy groups -OCH3 is 1.